The Bertz CT molecular complexity index is 488. The average molecular weight is 285 g/mol. The molecule has 19 heavy (non-hydrogen) atoms. The highest BCUT2D eigenvalue weighted by Gasteiger charge is 2.26. The number of halogens is 1. The average Bonchev–Trinajstić information content (AvgIpc) is 2.88. The maximum absolute atomic E-state index is 12.2. The predicted molar refractivity (Wildman–Crippen MR) is 77.8 cm³/mol. The van der Waals surface area contributed by atoms with Crippen molar-refractivity contribution in [2.24, 2.45) is 5.73 Å². The zero-order chi connectivity index (χ0) is 13.8. The van der Waals surface area contributed by atoms with E-state index in [9.17, 15) is 4.79 Å². The van der Waals surface area contributed by atoms with Crippen LogP contribution in [-0.4, -0.2) is 28.9 Å². The van der Waals surface area contributed by atoms with Gasteiger partial charge >= 0.3 is 0 Å². The highest BCUT2D eigenvalue weighted by molar-refractivity contribution is 6.33. The zero-order valence-electron chi connectivity index (χ0n) is 11.3. The van der Waals surface area contributed by atoms with Crippen LogP contribution in [0.15, 0.2) is 11.0 Å². The first-order valence-corrected chi connectivity index (χ1v) is 7.29. The standard InChI is InChI=1S/C13H21ClN4O/c1-2-3-7-18-13(19)12(14)11(9-16-18)17-6-4-5-10(17)8-15/h9-10H,2-8,15H2,1H3. The largest absolute Gasteiger partial charge is 0.365 e. The van der Waals surface area contributed by atoms with Crippen LogP contribution >= 0.6 is 11.6 Å². The van der Waals surface area contributed by atoms with E-state index in [0.29, 0.717) is 13.1 Å². The molecule has 1 aromatic rings. The molecule has 2 heterocycles. The molecule has 0 bridgehead atoms. The van der Waals surface area contributed by atoms with Crippen LogP contribution in [0.4, 0.5) is 5.69 Å². The monoisotopic (exact) mass is 284 g/mol. The third-order valence-electron chi connectivity index (χ3n) is 3.65. The first-order chi connectivity index (χ1) is 9.19. The van der Waals surface area contributed by atoms with Crippen molar-refractivity contribution in [3.05, 3.63) is 21.6 Å². The van der Waals surface area contributed by atoms with Gasteiger partial charge in [-0.2, -0.15) is 5.10 Å². The SMILES string of the molecule is CCCCn1ncc(N2CCCC2CN)c(Cl)c1=O. The van der Waals surface area contributed by atoms with Gasteiger partial charge in [0.2, 0.25) is 0 Å². The van der Waals surface area contributed by atoms with Crippen molar-refractivity contribution in [2.75, 3.05) is 18.0 Å². The quantitative estimate of drug-likeness (QED) is 0.892. The van der Waals surface area contributed by atoms with Crippen LogP contribution in [0.5, 0.6) is 0 Å². The molecular formula is C13H21ClN4O. The lowest BCUT2D eigenvalue weighted by Gasteiger charge is -2.26. The van der Waals surface area contributed by atoms with Crippen LogP contribution in [0.3, 0.4) is 0 Å². The van der Waals surface area contributed by atoms with E-state index in [-0.39, 0.29) is 16.6 Å². The molecule has 106 valence electrons. The van der Waals surface area contributed by atoms with E-state index in [1.807, 2.05) is 0 Å². The van der Waals surface area contributed by atoms with Crippen molar-refractivity contribution < 1.29 is 0 Å². The summed E-state index contributed by atoms with van der Waals surface area (Å²) in [6, 6.07) is 0.269. The smallest absolute Gasteiger partial charge is 0.287 e. The second-order valence-corrected chi connectivity index (χ2v) is 5.33. The van der Waals surface area contributed by atoms with E-state index in [0.717, 1.165) is 37.9 Å². The summed E-state index contributed by atoms with van der Waals surface area (Å²) in [6.07, 6.45) is 5.78. The minimum absolute atomic E-state index is 0.199. The Morgan fingerprint density at radius 3 is 3.05 bits per heavy atom. The lowest BCUT2D eigenvalue weighted by atomic mass is 10.2. The minimum Gasteiger partial charge on any atom is -0.365 e. The fourth-order valence-corrected chi connectivity index (χ4v) is 2.78. The lowest BCUT2D eigenvalue weighted by Crippen LogP contribution is -2.37. The maximum atomic E-state index is 12.2. The van der Waals surface area contributed by atoms with Gasteiger partial charge < -0.3 is 10.6 Å². The normalized spacial score (nSPS) is 19.1. The summed E-state index contributed by atoms with van der Waals surface area (Å²) < 4.78 is 1.45. The van der Waals surface area contributed by atoms with Gasteiger partial charge in [0, 0.05) is 25.7 Å². The van der Waals surface area contributed by atoms with Crippen LogP contribution in [0.2, 0.25) is 5.02 Å². The fourth-order valence-electron chi connectivity index (χ4n) is 2.52. The lowest BCUT2D eigenvalue weighted by molar-refractivity contribution is 0.541. The van der Waals surface area contributed by atoms with Gasteiger partial charge in [0.15, 0.2) is 0 Å². The molecule has 1 aromatic heterocycles. The number of rotatable bonds is 5. The molecular weight excluding hydrogens is 264 g/mol. The number of aryl methyl sites for hydroxylation is 1. The van der Waals surface area contributed by atoms with Crippen molar-refractivity contribution >= 4 is 17.3 Å². The number of hydrogen-bond acceptors (Lipinski definition) is 4. The molecule has 0 amide bonds. The summed E-state index contributed by atoms with van der Waals surface area (Å²) in [4.78, 5) is 14.3. The van der Waals surface area contributed by atoms with Gasteiger partial charge in [-0.15, -0.1) is 0 Å². The molecule has 0 radical (unpaired) electrons. The van der Waals surface area contributed by atoms with E-state index in [1.165, 1.54) is 4.68 Å². The van der Waals surface area contributed by atoms with Crippen molar-refractivity contribution in [1.29, 1.82) is 0 Å². The van der Waals surface area contributed by atoms with Gasteiger partial charge in [-0.1, -0.05) is 24.9 Å². The van der Waals surface area contributed by atoms with Gasteiger partial charge in [0.05, 0.1) is 11.9 Å². The molecule has 5 nitrogen and oxygen atoms in total. The number of nitrogens with two attached hydrogens (primary N) is 1. The third kappa shape index (κ3) is 2.92. The van der Waals surface area contributed by atoms with E-state index >= 15 is 0 Å². The van der Waals surface area contributed by atoms with E-state index in [2.05, 4.69) is 16.9 Å². The third-order valence-corrected chi connectivity index (χ3v) is 4.00. The summed E-state index contributed by atoms with van der Waals surface area (Å²) in [5.41, 5.74) is 6.29. The van der Waals surface area contributed by atoms with Gasteiger partial charge in [-0.25, -0.2) is 4.68 Å². The van der Waals surface area contributed by atoms with Gasteiger partial charge in [-0.05, 0) is 19.3 Å². The van der Waals surface area contributed by atoms with E-state index in [1.54, 1.807) is 6.20 Å². The summed E-state index contributed by atoms with van der Waals surface area (Å²) >= 11 is 6.22. The van der Waals surface area contributed by atoms with Crippen LogP contribution < -0.4 is 16.2 Å². The molecule has 1 aliphatic rings. The number of anilines is 1. The van der Waals surface area contributed by atoms with Crippen molar-refractivity contribution in [1.82, 2.24) is 9.78 Å². The summed E-state index contributed by atoms with van der Waals surface area (Å²) in [5.74, 6) is 0. The Hall–Kier alpha value is -1.07. The molecule has 1 fully saturated rings. The number of hydrogen-bond donors (Lipinski definition) is 1. The number of unbranched alkanes of at least 4 members (excludes halogenated alkanes) is 1. The Kier molecular flexibility index (Phi) is 4.82. The Labute approximate surface area is 118 Å². The van der Waals surface area contributed by atoms with Crippen LogP contribution in [-0.2, 0) is 6.54 Å². The van der Waals surface area contributed by atoms with Crippen molar-refractivity contribution in [3.8, 4) is 0 Å². The van der Waals surface area contributed by atoms with Crippen LogP contribution in [0.25, 0.3) is 0 Å². The highest BCUT2D eigenvalue weighted by Crippen LogP contribution is 2.28. The summed E-state index contributed by atoms with van der Waals surface area (Å²) in [7, 11) is 0. The summed E-state index contributed by atoms with van der Waals surface area (Å²) in [6.45, 7) is 4.17. The topological polar surface area (TPSA) is 64.2 Å². The molecule has 0 aromatic carbocycles. The van der Waals surface area contributed by atoms with Crippen LogP contribution in [0, 0.1) is 0 Å². The highest BCUT2D eigenvalue weighted by atomic mass is 35.5. The van der Waals surface area contributed by atoms with Crippen LogP contribution in [0.1, 0.15) is 32.6 Å². The van der Waals surface area contributed by atoms with E-state index in [4.69, 9.17) is 17.3 Å². The zero-order valence-corrected chi connectivity index (χ0v) is 12.1. The number of aromatic nitrogens is 2. The molecule has 1 atom stereocenters. The van der Waals surface area contributed by atoms with Gasteiger partial charge in [0.1, 0.15) is 5.02 Å². The first-order valence-electron chi connectivity index (χ1n) is 6.91. The van der Waals surface area contributed by atoms with Crippen molar-refractivity contribution in [3.63, 3.8) is 0 Å². The molecule has 2 N–H and O–H groups in total. The first kappa shape index (κ1) is 14.3. The maximum Gasteiger partial charge on any atom is 0.287 e. The Morgan fingerprint density at radius 2 is 2.37 bits per heavy atom. The minimum atomic E-state index is -0.199. The van der Waals surface area contributed by atoms with Gasteiger partial charge in [-0.3, -0.25) is 4.79 Å². The fraction of sp³-hybridized carbons (Fsp3) is 0.692. The second-order valence-electron chi connectivity index (χ2n) is 4.95. The predicted octanol–water partition coefficient (Wildman–Crippen LogP) is 1.62. The van der Waals surface area contributed by atoms with Crippen molar-refractivity contribution in [2.45, 2.75) is 45.2 Å². The van der Waals surface area contributed by atoms with Gasteiger partial charge in [0.25, 0.3) is 5.56 Å². The molecule has 6 heteroatoms. The summed E-state index contributed by atoms with van der Waals surface area (Å²) in [5, 5.41) is 4.50. The second kappa shape index (κ2) is 6.39. The molecule has 0 spiro atoms. The number of nitrogens with zero attached hydrogens (tertiary/aromatic N) is 3. The van der Waals surface area contributed by atoms with E-state index < -0.39 is 0 Å². The Morgan fingerprint density at radius 1 is 1.58 bits per heavy atom. The molecule has 0 saturated carbocycles. The molecule has 0 aliphatic carbocycles. The molecule has 1 saturated heterocycles. The Balaban J connectivity index is 2.28. The molecule has 1 aliphatic heterocycles. The molecule has 2 rings (SSSR count). The molecule has 1 unspecified atom stereocenters.